The molecule has 5 rings (SSSR count). The van der Waals surface area contributed by atoms with Gasteiger partial charge in [-0.15, -0.1) is 0 Å². The molecular weight excluding hydrogens is 414 g/mol. The molecule has 0 saturated carbocycles. The average Bonchev–Trinajstić information content (AvgIpc) is 3.36. The van der Waals surface area contributed by atoms with E-state index >= 15 is 0 Å². The van der Waals surface area contributed by atoms with Crippen LogP contribution in [0.15, 0.2) is 55.1 Å². The zero-order valence-corrected chi connectivity index (χ0v) is 17.1. The van der Waals surface area contributed by atoms with Crippen LogP contribution in [-0.2, 0) is 20.9 Å². The highest BCUT2D eigenvalue weighted by Gasteiger charge is 2.44. The molecule has 4 N–H and O–H groups in total. The Balaban J connectivity index is 1.15. The van der Waals surface area contributed by atoms with E-state index in [-0.39, 0.29) is 12.4 Å². The molecular formula is C22H23N5O5. The second-order valence-corrected chi connectivity index (χ2v) is 7.67. The molecule has 1 fully saturated rings. The third-order valence-electron chi connectivity index (χ3n) is 5.60. The van der Waals surface area contributed by atoms with Crippen molar-refractivity contribution in [2.45, 2.75) is 31.0 Å². The first-order valence-electron chi connectivity index (χ1n) is 10.3. The molecule has 1 aliphatic rings. The lowest BCUT2D eigenvalue weighted by Crippen LogP contribution is -2.33. The summed E-state index contributed by atoms with van der Waals surface area (Å²) in [6.45, 7) is 0.297. The molecule has 10 heteroatoms. The van der Waals surface area contributed by atoms with E-state index in [0.717, 1.165) is 5.56 Å². The highest BCUT2D eigenvalue weighted by molar-refractivity contribution is 5.83. The van der Waals surface area contributed by atoms with Crippen molar-refractivity contribution in [3.63, 3.8) is 0 Å². The number of ether oxygens (including phenoxy) is 1. The van der Waals surface area contributed by atoms with E-state index in [4.69, 9.17) is 20.2 Å². The lowest BCUT2D eigenvalue weighted by molar-refractivity contribution is -0.309. The van der Waals surface area contributed by atoms with Gasteiger partial charge in [0.25, 0.3) is 0 Å². The average molecular weight is 437 g/mol. The molecule has 4 aromatic rings. The molecule has 1 aliphatic heterocycles. The number of rotatable bonds is 7. The van der Waals surface area contributed by atoms with E-state index in [2.05, 4.69) is 45.3 Å². The van der Waals surface area contributed by atoms with Crippen molar-refractivity contribution in [1.82, 2.24) is 19.5 Å². The summed E-state index contributed by atoms with van der Waals surface area (Å²) >= 11 is 0. The largest absolute Gasteiger partial charge is 0.387 e. The molecule has 166 valence electrons. The van der Waals surface area contributed by atoms with Crippen molar-refractivity contribution in [1.29, 1.82) is 0 Å². The van der Waals surface area contributed by atoms with Gasteiger partial charge >= 0.3 is 0 Å². The predicted octanol–water partition coefficient (Wildman–Crippen LogP) is 1.37. The predicted molar refractivity (Wildman–Crippen MR) is 115 cm³/mol. The van der Waals surface area contributed by atoms with Crippen LogP contribution < -0.4 is 5.73 Å². The van der Waals surface area contributed by atoms with Gasteiger partial charge < -0.3 is 20.7 Å². The fraction of sp³-hybridized carbons (Fsp3) is 0.318. The quantitative estimate of drug-likeness (QED) is 0.222. The summed E-state index contributed by atoms with van der Waals surface area (Å²) in [6, 6.07) is 14.4. The minimum atomic E-state index is -1.20. The summed E-state index contributed by atoms with van der Waals surface area (Å²) in [5.41, 5.74) is 7.74. The Labute approximate surface area is 183 Å². The van der Waals surface area contributed by atoms with Gasteiger partial charge in [-0.1, -0.05) is 42.5 Å². The van der Waals surface area contributed by atoms with Crippen LogP contribution in [-0.4, -0.2) is 61.3 Å². The molecule has 0 unspecified atom stereocenters. The lowest BCUT2D eigenvalue weighted by atomic mass is 10.1. The minimum Gasteiger partial charge on any atom is -0.387 e. The monoisotopic (exact) mass is 437 g/mol. The number of fused-ring (bicyclic) bond motifs is 2. The second-order valence-electron chi connectivity index (χ2n) is 7.67. The van der Waals surface area contributed by atoms with Crippen LogP contribution in [0.2, 0.25) is 0 Å². The van der Waals surface area contributed by atoms with Gasteiger partial charge in [-0.3, -0.25) is 4.57 Å². The lowest BCUT2D eigenvalue weighted by Gasteiger charge is -2.16. The van der Waals surface area contributed by atoms with E-state index in [1.54, 1.807) is 0 Å². The molecule has 0 bridgehead atoms. The molecule has 0 spiro atoms. The molecule has 1 saturated heterocycles. The fourth-order valence-electron chi connectivity index (χ4n) is 3.88. The summed E-state index contributed by atoms with van der Waals surface area (Å²) < 4.78 is 7.32. The Morgan fingerprint density at radius 3 is 2.72 bits per heavy atom. The van der Waals surface area contributed by atoms with Crippen molar-refractivity contribution in [2.75, 3.05) is 18.9 Å². The van der Waals surface area contributed by atoms with Crippen LogP contribution in [0, 0.1) is 0 Å². The Morgan fingerprint density at radius 1 is 1.00 bits per heavy atom. The number of benzene rings is 2. The zero-order valence-electron chi connectivity index (χ0n) is 17.1. The summed E-state index contributed by atoms with van der Waals surface area (Å²) in [5.74, 6) is 0.224. The van der Waals surface area contributed by atoms with E-state index in [1.807, 2.05) is 12.1 Å². The number of aliphatic hydroxyl groups excluding tert-OH is 2. The van der Waals surface area contributed by atoms with Crippen LogP contribution in [0.4, 0.5) is 5.82 Å². The normalized spacial score (nSPS) is 23.3. The van der Waals surface area contributed by atoms with Gasteiger partial charge in [0.2, 0.25) is 0 Å². The zero-order chi connectivity index (χ0) is 22.1. The van der Waals surface area contributed by atoms with Crippen LogP contribution >= 0.6 is 0 Å². The van der Waals surface area contributed by atoms with Gasteiger partial charge in [-0.2, -0.15) is 0 Å². The molecule has 0 amide bonds. The van der Waals surface area contributed by atoms with Crippen LogP contribution in [0.25, 0.3) is 21.9 Å². The number of imidazole rings is 1. The topological polar surface area (TPSA) is 138 Å². The van der Waals surface area contributed by atoms with E-state index in [1.165, 1.54) is 28.0 Å². The maximum absolute atomic E-state index is 10.5. The SMILES string of the molecule is Nc1ncnc2c1ncn2[C@@H]1O[C@H](COOCCc2ccc3ccccc3c2)[C@@H](O)[C@H]1O. The smallest absolute Gasteiger partial charge is 0.167 e. The van der Waals surface area contributed by atoms with Gasteiger partial charge in [-0.25, -0.2) is 24.7 Å². The Bertz CT molecular complexity index is 1230. The van der Waals surface area contributed by atoms with Gasteiger partial charge in [0.1, 0.15) is 36.8 Å². The number of nitrogen functional groups attached to an aromatic ring is 1. The van der Waals surface area contributed by atoms with E-state index < -0.39 is 24.5 Å². The maximum atomic E-state index is 10.5. The minimum absolute atomic E-state index is 0.0454. The van der Waals surface area contributed by atoms with Gasteiger partial charge in [0.05, 0.1) is 12.9 Å². The Kier molecular flexibility index (Phi) is 5.68. The molecule has 10 nitrogen and oxygen atoms in total. The summed E-state index contributed by atoms with van der Waals surface area (Å²) in [5, 5.41) is 23.2. The third-order valence-corrected chi connectivity index (χ3v) is 5.60. The molecule has 0 aliphatic carbocycles. The first-order chi connectivity index (χ1) is 15.6. The number of nitrogens with zero attached hydrogens (tertiary/aromatic N) is 4. The molecule has 2 aromatic carbocycles. The van der Waals surface area contributed by atoms with Crippen molar-refractivity contribution < 1.29 is 24.7 Å². The highest BCUT2D eigenvalue weighted by Crippen LogP contribution is 2.32. The standard InChI is InChI=1S/C22H23N5O5/c23-20-17-21(25-11-24-20)27(12-26-17)22-19(29)18(28)16(32-22)10-31-30-8-7-13-5-6-14-3-1-2-4-15(14)9-13/h1-6,9,11-12,16,18-19,22,28-29H,7-8,10H2,(H2,23,24,25)/t16-,18-,19-,22-/m1/s1. The summed E-state index contributed by atoms with van der Waals surface area (Å²) in [6.07, 6.45) is -0.623. The molecule has 2 aromatic heterocycles. The van der Waals surface area contributed by atoms with E-state index in [0.29, 0.717) is 24.2 Å². The van der Waals surface area contributed by atoms with Crippen molar-refractivity contribution in [2.24, 2.45) is 0 Å². The number of hydrogen-bond donors (Lipinski definition) is 3. The molecule has 3 heterocycles. The van der Waals surface area contributed by atoms with Gasteiger partial charge in [0.15, 0.2) is 17.7 Å². The van der Waals surface area contributed by atoms with Crippen molar-refractivity contribution in [3.8, 4) is 0 Å². The number of hydrogen-bond acceptors (Lipinski definition) is 9. The number of aromatic nitrogens is 4. The molecule has 4 atom stereocenters. The van der Waals surface area contributed by atoms with Gasteiger partial charge in [-0.05, 0) is 22.8 Å². The number of nitrogens with two attached hydrogens (primary N) is 1. The maximum Gasteiger partial charge on any atom is 0.167 e. The first kappa shape index (κ1) is 20.7. The van der Waals surface area contributed by atoms with Crippen LogP contribution in [0.1, 0.15) is 11.8 Å². The summed E-state index contributed by atoms with van der Waals surface area (Å²) in [7, 11) is 0. The first-order valence-corrected chi connectivity index (χ1v) is 10.3. The Morgan fingerprint density at radius 2 is 1.84 bits per heavy atom. The number of anilines is 1. The van der Waals surface area contributed by atoms with E-state index in [9.17, 15) is 10.2 Å². The van der Waals surface area contributed by atoms with Crippen molar-refractivity contribution in [3.05, 3.63) is 60.7 Å². The van der Waals surface area contributed by atoms with Crippen LogP contribution in [0.5, 0.6) is 0 Å². The third kappa shape index (κ3) is 3.90. The fourth-order valence-corrected chi connectivity index (χ4v) is 3.88. The highest BCUT2D eigenvalue weighted by atomic mass is 17.2. The molecule has 32 heavy (non-hydrogen) atoms. The molecule has 0 radical (unpaired) electrons. The number of aliphatic hydroxyl groups is 2. The Hall–Kier alpha value is -3.15. The summed E-state index contributed by atoms with van der Waals surface area (Å²) in [4.78, 5) is 22.7. The van der Waals surface area contributed by atoms with Gasteiger partial charge in [0, 0.05) is 0 Å². The van der Waals surface area contributed by atoms with Crippen LogP contribution in [0.3, 0.4) is 0 Å². The second kappa shape index (κ2) is 8.77. The van der Waals surface area contributed by atoms with Crippen molar-refractivity contribution >= 4 is 27.8 Å².